The first-order valence-electron chi connectivity index (χ1n) is 3.66. The van der Waals surface area contributed by atoms with Crippen molar-refractivity contribution in [2.24, 2.45) is 0 Å². The van der Waals surface area contributed by atoms with Crippen molar-refractivity contribution in [1.82, 2.24) is 4.90 Å². The van der Waals surface area contributed by atoms with Crippen molar-refractivity contribution < 1.29 is 14.3 Å². The highest BCUT2D eigenvalue weighted by Gasteiger charge is 2.24. The molecule has 0 aromatic heterocycles. The zero-order chi connectivity index (χ0) is 10.4. The number of thiol groups is 1. The topological polar surface area (TPSA) is 46.6 Å². The maximum atomic E-state index is 11.1. The number of rotatable bonds is 4. The molecule has 0 radical (unpaired) electrons. The summed E-state index contributed by atoms with van der Waals surface area (Å²) >= 11 is 3.95. The molecule has 0 bridgehead atoms. The van der Waals surface area contributed by atoms with E-state index in [2.05, 4.69) is 23.9 Å². The van der Waals surface area contributed by atoms with Gasteiger partial charge in [0.1, 0.15) is 6.04 Å². The molecule has 4 nitrogen and oxygen atoms in total. The number of hydrogen-bond acceptors (Lipinski definition) is 4. The second-order valence-corrected chi connectivity index (χ2v) is 2.74. The van der Waals surface area contributed by atoms with E-state index < -0.39 is 12.0 Å². The largest absolute Gasteiger partial charge is 0.467 e. The Bertz CT molecular complexity index is 217. The summed E-state index contributed by atoms with van der Waals surface area (Å²) in [5.74, 6) is -0.583. The minimum absolute atomic E-state index is 0.225. The van der Waals surface area contributed by atoms with E-state index in [1.54, 1.807) is 0 Å². The Morgan fingerprint density at radius 1 is 1.69 bits per heavy atom. The van der Waals surface area contributed by atoms with Crippen LogP contribution in [-0.2, 0) is 14.3 Å². The van der Waals surface area contributed by atoms with Crippen molar-refractivity contribution in [3.05, 3.63) is 12.7 Å². The SMILES string of the molecule is C=CC(=O)N(C)[C@@H](CS)C(=O)OC. The van der Waals surface area contributed by atoms with Crippen LogP contribution in [0.5, 0.6) is 0 Å². The Labute approximate surface area is 83.0 Å². The molecule has 74 valence electrons. The van der Waals surface area contributed by atoms with Crippen molar-refractivity contribution in [2.45, 2.75) is 6.04 Å². The number of likely N-dealkylation sites (N-methyl/N-ethyl adjacent to an activating group) is 1. The average Bonchev–Trinajstić information content (AvgIpc) is 2.17. The Hall–Kier alpha value is -0.970. The van der Waals surface area contributed by atoms with Crippen molar-refractivity contribution in [3.8, 4) is 0 Å². The Morgan fingerprint density at radius 2 is 2.23 bits per heavy atom. The van der Waals surface area contributed by atoms with Gasteiger partial charge in [0, 0.05) is 12.8 Å². The number of nitrogens with zero attached hydrogens (tertiary/aromatic N) is 1. The first-order valence-corrected chi connectivity index (χ1v) is 4.29. The van der Waals surface area contributed by atoms with Gasteiger partial charge in [0.2, 0.25) is 5.91 Å². The van der Waals surface area contributed by atoms with Crippen LogP contribution >= 0.6 is 12.6 Å². The smallest absolute Gasteiger partial charge is 0.329 e. The number of ether oxygens (including phenoxy) is 1. The summed E-state index contributed by atoms with van der Waals surface area (Å²) in [5, 5.41) is 0. The van der Waals surface area contributed by atoms with Gasteiger partial charge in [-0.05, 0) is 6.08 Å². The van der Waals surface area contributed by atoms with Crippen molar-refractivity contribution >= 4 is 24.5 Å². The lowest BCUT2D eigenvalue weighted by Gasteiger charge is -2.23. The van der Waals surface area contributed by atoms with Gasteiger partial charge in [-0.2, -0.15) is 12.6 Å². The van der Waals surface area contributed by atoms with Gasteiger partial charge in [0.25, 0.3) is 0 Å². The molecule has 5 heteroatoms. The number of amides is 1. The molecule has 0 heterocycles. The molecular weight excluding hydrogens is 190 g/mol. The molecule has 0 rings (SSSR count). The van der Waals surface area contributed by atoms with E-state index in [0.717, 1.165) is 6.08 Å². The second kappa shape index (κ2) is 5.64. The van der Waals surface area contributed by atoms with Gasteiger partial charge in [-0.3, -0.25) is 4.79 Å². The molecule has 0 aromatic carbocycles. The lowest BCUT2D eigenvalue weighted by Crippen LogP contribution is -2.43. The van der Waals surface area contributed by atoms with Gasteiger partial charge in [-0.1, -0.05) is 6.58 Å². The van der Waals surface area contributed by atoms with E-state index in [9.17, 15) is 9.59 Å². The number of carbonyl (C=O) groups excluding carboxylic acids is 2. The summed E-state index contributed by atoms with van der Waals surface area (Å²) in [6, 6.07) is -0.654. The minimum atomic E-state index is -0.654. The van der Waals surface area contributed by atoms with Crippen LogP contribution in [-0.4, -0.2) is 42.7 Å². The predicted octanol–water partition coefficient (Wildman–Crippen LogP) is 0.102. The quantitative estimate of drug-likeness (QED) is 0.400. The van der Waals surface area contributed by atoms with Crippen LogP contribution in [0.4, 0.5) is 0 Å². The first-order chi connectivity index (χ1) is 6.08. The number of methoxy groups -OCH3 is 1. The van der Waals surface area contributed by atoms with Gasteiger partial charge in [0.15, 0.2) is 0 Å². The standard InChI is InChI=1S/C8H13NO3S/c1-4-7(10)9(2)6(5-13)8(11)12-3/h4,6,13H,1,5H2,2-3H3/t6-/m0/s1. The lowest BCUT2D eigenvalue weighted by molar-refractivity contribution is -0.149. The number of esters is 1. The van der Waals surface area contributed by atoms with Crippen LogP contribution < -0.4 is 0 Å². The van der Waals surface area contributed by atoms with Crippen LogP contribution in [0.15, 0.2) is 12.7 Å². The fourth-order valence-corrected chi connectivity index (χ4v) is 1.18. The highest BCUT2D eigenvalue weighted by Crippen LogP contribution is 2.02. The molecule has 0 saturated carbocycles. The third-order valence-corrected chi connectivity index (χ3v) is 1.98. The Balaban J connectivity index is 4.48. The fraction of sp³-hybridized carbons (Fsp3) is 0.500. The van der Waals surface area contributed by atoms with E-state index in [1.165, 1.54) is 19.1 Å². The minimum Gasteiger partial charge on any atom is -0.467 e. The van der Waals surface area contributed by atoms with Gasteiger partial charge in [-0.25, -0.2) is 4.79 Å². The van der Waals surface area contributed by atoms with Crippen molar-refractivity contribution in [2.75, 3.05) is 19.9 Å². The molecule has 0 unspecified atom stereocenters. The van der Waals surface area contributed by atoms with Gasteiger partial charge >= 0.3 is 5.97 Å². The van der Waals surface area contributed by atoms with Crippen LogP contribution in [0, 0.1) is 0 Å². The lowest BCUT2D eigenvalue weighted by atomic mass is 10.3. The summed E-state index contributed by atoms with van der Waals surface area (Å²) < 4.78 is 4.50. The predicted molar refractivity (Wildman–Crippen MR) is 52.6 cm³/mol. The summed E-state index contributed by atoms with van der Waals surface area (Å²) in [6.07, 6.45) is 1.14. The molecule has 0 aliphatic rings. The average molecular weight is 203 g/mol. The second-order valence-electron chi connectivity index (χ2n) is 2.37. The van der Waals surface area contributed by atoms with E-state index in [-0.39, 0.29) is 11.7 Å². The van der Waals surface area contributed by atoms with Gasteiger partial charge in [-0.15, -0.1) is 0 Å². The number of hydrogen-bond donors (Lipinski definition) is 1. The molecule has 0 N–H and O–H groups in total. The molecule has 1 atom stereocenters. The van der Waals surface area contributed by atoms with Gasteiger partial charge in [0.05, 0.1) is 7.11 Å². The molecule has 0 saturated heterocycles. The van der Waals surface area contributed by atoms with E-state index in [0.29, 0.717) is 0 Å². The maximum absolute atomic E-state index is 11.1. The molecule has 0 aliphatic heterocycles. The molecule has 0 spiro atoms. The monoisotopic (exact) mass is 203 g/mol. The van der Waals surface area contributed by atoms with Crippen molar-refractivity contribution in [1.29, 1.82) is 0 Å². The van der Waals surface area contributed by atoms with Crippen molar-refractivity contribution in [3.63, 3.8) is 0 Å². The Morgan fingerprint density at radius 3 is 2.54 bits per heavy atom. The number of carbonyl (C=O) groups is 2. The molecule has 13 heavy (non-hydrogen) atoms. The summed E-state index contributed by atoms with van der Waals surface area (Å²) in [5.41, 5.74) is 0. The fourth-order valence-electron chi connectivity index (χ4n) is 0.789. The molecule has 1 amide bonds. The first kappa shape index (κ1) is 12.0. The maximum Gasteiger partial charge on any atom is 0.329 e. The van der Waals surface area contributed by atoms with E-state index in [1.807, 2.05) is 0 Å². The summed E-state index contributed by atoms with van der Waals surface area (Å²) in [4.78, 5) is 23.4. The molecule has 0 fully saturated rings. The molecule has 0 aromatic rings. The highest BCUT2D eigenvalue weighted by atomic mass is 32.1. The normalized spacial score (nSPS) is 11.6. The zero-order valence-corrected chi connectivity index (χ0v) is 8.58. The third kappa shape index (κ3) is 3.10. The molecular formula is C8H13NO3S. The van der Waals surface area contributed by atoms with Gasteiger partial charge < -0.3 is 9.64 Å². The summed E-state index contributed by atoms with van der Waals surface area (Å²) in [7, 11) is 2.77. The highest BCUT2D eigenvalue weighted by molar-refractivity contribution is 7.80. The molecule has 0 aliphatic carbocycles. The zero-order valence-electron chi connectivity index (χ0n) is 7.69. The van der Waals surface area contributed by atoms with Crippen LogP contribution in [0.1, 0.15) is 0 Å². The Kier molecular flexibility index (Phi) is 5.22. The van der Waals surface area contributed by atoms with Crippen LogP contribution in [0.2, 0.25) is 0 Å². The van der Waals surface area contributed by atoms with E-state index in [4.69, 9.17) is 0 Å². The van der Waals surface area contributed by atoms with Crippen LogP contribution in [0.25, 0.3) is 0 Å². The van der Waals surface area contributed by atoms with Crippen LogP contribution in [0.3, 0.4) is 0 Å². The van der Waals surface area contributed by atoms with E-state index >= 15 is 0 Å². The summed E-state index contributed by atoms with van der Waals surface area (Å²) in [6.45, 7) is 3.32. The third-order valence-electron chi connectivity index (χ3n) is 1.64.